The number of hydrogen-bond acceptors (Lipinski definition) is 3. The molecule has 0 unspecified atom stereocenters. The molecule has 1 aromatic heterocycles. The first-order valence-corrected chi connectivity index (χ1v) is 6.85. The second kappa shape index (κ2) is 5.58. The monoisotopic (exact) mass is 300 g/mol. The summed E-state index contributed by atoms with van der Waals surface area (Å²) in [5, 5.41) is 0.705. The van der Waals surface area contributed by atoms with Crippen molar-refractivity contribution in [2.45, 2.75) is 6.42 Å². The predicted molar refractivity (Wildman–Crippen MR) is 81.7 cm³/mol. The number of nitrogens with one attached hydrogen (secondary N) is 1. The fourth-order valence-corrected chi connectivity index (χ4v) is 2.36. The summed E-state index contributed by atoms with van der Waals surface area (Å²) in [6.45, 7) is 0. The van der Waals surface area contributed by atoms with Crippen LogP contribution in [-0.4, -0.2) is 23.0 Å². The first-order valence-electron chi connectivity index (χ1n) is 6.48. The first-order chi connectivity index (χ1) is 10.2. The molecule has 1 N–H and O–H groups in total. The molecule has 0 aliphatic carbocycles. The van der Waals surface area contributed by atoms with Crippen LogP contribution in [0.4, 0.5) is 0 Å². The Morgan fingerprint density at radius 3 is 2.71 bits per heavy atom. The Labute approximate surface area is 126 Å². The third-order valence-corrected chi connectivity index (χ3v) is 3.50. The third-order valence-electron chi connectivity index (χ3n) is 3.25. The van der Waals surface area contributed by atoms with Gasteiger partial charge < -0.3 is 9.72 Å². The van der Waals surface area contributed by atoms with Crippen LogP contribution in [0.5, 0.6) is 0 Å². The number of esters is 1. The SMILES string of the molecule is COC(=O)c1cccc2[nH]c(Cc3ccc(Cl)cc3)nc12. The van der Waals surface area contributed by atoms with Crippen LogP contribution in [0.1, 0.15) is 21.7 Å². The van der Waals surface area contributed by atoms with Crippen LogP contribution < -0.4 is 0 Å². The molecular weight excluding hydrogens is 288 g/mol. The average Bonchev–Trinajstić information content (AvgIpc) is 2.91. The number of H-pyrrole nitrogens is 1. The molecule has 0 saturated heterocycles. The second-order valence-corrected chi connectivity index (χ2v) is 5.12. The summed E-state index contributed by atoms with van der Waals surface area (Å²) in [6.07, 6.45) is 0.645. The zero-order valence-electron chi connectivity index (χ0n) is 11.4. The van der Waals surface area contributed by atoms with E-state index in [1.54, 1.807) is 12.1 Å². The molecule has 0 saturated carbocycles. The zero-order valence-corrected chi connectivity index (χ0v) is 12.1. The summed E-state index contributed by atoms with van der Waals surface area (Å²) in [4.78, 5) is 19.5. The second-order valence-electron chi connectivity index (χ2n) is 4.68. The third kappa shape index (κ3) is 2.76. The summed E-state index contributed by atoms with van der Waals surface area (Å²) >= 11 is 5.88. The minimum absolute atomic E-state index is 0.384. The highest BCUT2D eigenvalue weighted by Gasteiger charge is 2.13. The highest BCUT2D eigenvalue weighted by Crippen LogP contribution is 2.19. The van der Waals surface area contributed by atoms with Gasteiger partial charge in [0.1, 0.15) is 11.3 Å². The van der Waals surface area contributed by atoms with E-state index in [-0.39, 0.29) is 5.97 Å². The molecule has 1 heterocycles. The van der Waals surface area contributed by atoms with Gasteiger partial charge in [0, 0.05) is 11.4 Å². The smallest absolute Gasteiger partial charge is 0.340 e. The van der Waals surface area contributed by atoms with Crippen LogP contribution in [-0.2, 0) is 11.2 Å². The Balaban J connectivity index is 1.97. The summed E-state index contributed by atoms with van der Waals surface area (Å²) in [6, 6.07) is 13.0. The number of nitrogens with zero attached hydrogens (tertiary/aromatic N) is 1. The topological polar surface area (TPSA) is 55.0 Å². The van der Waals surface area contributed by atoms with Crippen molar-refractivity contribution >= 4 is 28.6 Å². The quantitative estimate of drug-likeness (QED) is 0.752. The predicted octanol–water partition coefficient (Wildman–Crippen LogP) is 3.59. The molecule has 5 heteroatoms. The Kier molecular flexibility index (Phi) is 3.62. The van der Waals surface area contributed by atoms with Crippen LogP contribution >= 0.6 is 11.6 Å². The van der Waals surface area contributed by atoms with Crippen LogP contribution in [0.25, 0.3) is 11.0 Å². The summed E-state index contributed by atoms with van der Waals surface area (Å²) in [5.74, 6) is 0.411. The van der Waals surface area contributed by atoms with Gasteiger partial charge in [0.05, 0.1) is 18.2 Å². The number of methoxy groups -OCH3 is 1. The first kappa shape index (κ1) is 13.6. The van der Waals surface area contributed by atoms with Gasteiger partial charge in [0.2, 0.25) is 0 Å². The molecule has 0 aliphatic heterocycles. The van der Waals surface area contributed by atoms with E-state index in [1.807, 2.05) is 30.3 Å². The molecule has 2 aromatic carbocycles. The number of hydrogen-bond donors (Lipinski definition) is 1. The number of ether oxygens (including phenoxy) is 1. The average molecular weight is 301 g/mol. The molecule has 21 heavy (non-hydrogen) atoms. The molecule has 3 aromatic rings. The van der Waals surface area contributed by atoms with E-state index in [1.165, 1.54) is 7.11 Å². The molecule has 0 aliphatic rings. The lowest BCUT2D eigenvalue weighted by atomic mass is 10.1. The van der Waals surface area contributed by atoms with Gasteiger partial charge in [-0.1, -0.05) is 29.8 Å². The van der Waals surface area contributed by atoms with Crippen molar-refractivity contribution in [2.75, 3.05) is 7.11 Å². The van der Waals surface area contributed by atoms with Crippen molar-refractivity contribution in [1.29, 1.82) is 0 Å². The van der Waals surface area contributed by atoms with Crippen LogP contribution in [0.15, 0.2) is 42.5 Å². The molecule has 0 fully saturated rings. The highest BCUT2D eigenvalue weighted by atomic mass is 35.5. The largest absolute Gasteiger partial charge is 0.465 e. The van der Waals surface area contributed by atoms with Crippen LogP contribution in [0.3, 0.4) is 0 Å². The fraction of sp³-hybridized carbons (Fsp3) is 0.125. The van der Waals surface area contributed by atoms with Crippen molar-refractivity contribution in [1.82, 2.24) is 9.97 Å². The van der Waals surface area contributed by atoms with E-state index in [2.05, 4.69) is 9.97 Å². The maximum absolute atomic E-state index is 11.7. The zero-order chi connectivity index (χ0) is 14.8. The van der Waals surface area contributed by atoms with Crippen molar-refractivity contribution in [3.63, 3.8) is 0 Å². The van der Waals surface area contributed by atoms with E-state index in [9.17, 15) is 4.79 Å². The number of carbonyl (C=O) groups excluding carboxylic acids is 1. The van der Waals surface area contributed by atoms with Crippen LogP contribution in [0, 0.1) is 0 Å². The molecular formula is C16H13ClN2O2. The molecule has 3 rings (SSSR count). The van der Waals surface area contributed by atoms with E-state index < -0.39 is 0 Å². The number of benzene rings is 2. The lowest BCUT2D eigenvalue weighted by Gasteiger charge is -1.98. The number of para-hydroxylation sites is 1. The number of aromatic nitrogens is 2. The standard InChI is InChI=1S/C16H13ClN2O2/c1-21-16(20)12-3-2-4-13-15(12)19-14(18-13)9-10-5-7-11(17)8-6-10/h2-8H,9H2,1H3,(H,18,19). The molecule has 4 nitrogen and oxygen atoms in total. The highest BCUT2D eigenvalue weighted by molar-refractivity contribution is 6.30. The molecule has 0 spiro atoms. The summed E-state index contributed by atoms with van der Waals surface area (Å²) < 4.78 is 4.78. The van der Waals surface area contributed by atoms with Gasteiger partial charge in [-0.2, -0.15) is 0 Å². The lowest BCUT2D eigenvalue weighted by molar-refractivity contribution is 0.0603. The fourth-order valence-electron chi connectivity index (χ4n) is 2.24. The Hall–Kier alpha value is -2.33. The molecule has 0 bridgehead atoms. The van der Waals surface area contributed by atoms with Gasteiger partial charge in [-0.25, -0.2) is 9.78 Å². The number of rotatable bonds is 3. The molecule has 0 atom stereocenters. The number of halogens is 1. The Morgan fingerprint density at radius 1 is 1.24 bits per heavy atom. The van der Waals surface area contributed by atoms with Gasteiger partial charge in [-0.05, 0) is 29.8 Å². The van der Waals surface area contributed by atoms with Crippen molar-refractivity contribution in [2.24, 2.45) is 0 Å². The van der Waals surface area contributed by atoms with Gasteiger partial charge in [-0.15, -0.1) is 0 Å². The van der Waals surface area contributed by atoms with Crippen molar-refractivity contribution in [3.8, 4) is 0 Å². The van der Waals surface area contributed by atoms with Gasteiger partial charge in [0.15, 0.2) is 0 Å². The minimum atomic E-state index is -0.384. The minimum Gasteiger partial charge on any atom is -0.465 e. The maximum atomic E-state index is 11.7. The Bertz CT molecular complexity index is 794. The normalized spacial score (nSPS) is 10.8. The number of aromatic amines is 1. The van der Waals surface area contributed by atoms with Gasteiger partial charge in [0.25, 0.3) is 0 Å². The molecule has 0 amide bonds. The summed E-state index contributed by atoms with van der Waals surface area (Å²) in [7, 11) is 1.36. The lowest BCUT2D eigenvalue weighted by Crippen LogP contribution is -2.01. The number of fused-ring (bicyclic) bond motifs is 1. The van der Waals surface area contributed by atoms with Crippen LogP contribution in [0.2, 0.25) is 5.02 Å². The van der Waals surface area contributed by atoms with E-state index >= 15 is 0 Å². The van der Waals surface area contributed by atoms with Crippen molar-refractivity contribution < 1.29 is 9.53 Å². The van der Waals surface area contributed by atoms with E-state index in [0.717, 1.165) is 16.9 Å². The maximum Gasteiger partial charge on any atom is 0.340 e. The Morgan fingerprint density at radius 2 is 2.00 bits per heavy atom. The van der Waals surface area contributed by atoms with Crippen molar-refractivity contribution in [3.05, 3.63) is 64.4 Å². The summed E-state index contributed by atoms with van der Waals surface area (Å²) in [5.41, 5.74) is 3.02. The molecule has 0 radical (unpaired) electrons. The van der Waals surface area contributed by atoms with Gasteiger partial charge in [-0.3, -0.25) is 0 Å². The number of carbonyl (C=O) groups is 1. The van der Waals surface area contributed by atoms with Gasteiger partial charge >= 0.3 is 5.97 Å². The molecule has 106 valence electrons. The van der Waals surface area contributed by atoms with E-state index in [4.69, 9.17) is 16.3 Å². The number of imidazole rings is 1. The van der Waals surface area contributed by atoms with E-state index in [0.29, 0.717) is 22.5 Å².